The van der Waals surface area contributed by atoms with E-state index in [2.05, 4.69) is 30.0 Å². The number of nitrogens with one attached hydrogen (secondary N) is 2. The first-order valence-corrected chi connectivity index (χ1v) is 10.1. The summed E-state index contributed by atoms with van der Waals surface area (Å²) in [6.45, 7) is 8.40. The molecule has 1 fully saturated rings. The molecule has 1 aliphatic rings. The van der Waals surface area contributed by atoms with Crippen molar-refractivity contribution in [2.24, 2.45) is 4.99 Å². The Hall–Kier alpha value is -0.920. The van der Waals surface area contributed by atoms with Gasteiger partial charge in [-0.3, -0.25) is 9.89 Å². The van der Waals surface area contributed by atoms with Crippen LogP contribution in [0.4, 0.5) is 0 Å². The topological polar surface area (TPSA) is 103 Å². The molecule has 0 bridgehead atoms. The molecule has 1 aliphatic heterocycles. The van der Waals surface area contributed by atoms with E-state index in [4.69, 9.17) is 4.52 Å². The highest BCUT2D eigenvalue weighted by Gasteiger charge is 2.25. The van der Waals surface area contributed by atoms with Crippen LogP contribution in [-0.2, 0) is 16.6 Å². The lowest BCUT2D eigenvalue weighted by molar-refractivity contribution is 0.168. The van der Waals surface area contributed by atoms with Crippen LogP contribution in [0.25, 0.3) is 0 Å². The van der Waals surface area contributed by atoms with Crippen molar-refractivity contribution in [1.29, 1.82) is 0 Å². The molecule has 1 aromatic heterocycles. The van der Waals surface area contributed by atoms with Crippen LogP contribution in [0, 0.1) is 0 Å². The first-order valence-electron chi connectivity index (χ1n) is 8.25. The van der Waals surface area contributed by atoms with Crippen LogP contribution in [0.1, 0.15) is 19.5 Å². The molecule has 0 amide bonds. The zero-order valence-corrected chi connectivity index (χ0v) is 18.9. The summed E-state index contributed by atoms with van der Waals surface area (Å²) < 4.78 is 30.4. The van der Waals surface area contributed by atoms with Crippen molar-refractivity contribution in [3.63, 3.8) is 0 Å². The molecular weight excluding hydrogens is 471 g/mol. The quantitative estimate of drug-likeness (QED) is 0.330. The summed E-state index contributed by atoms with van der Waals surface area (Å²) in [7, 11) is -1.52. The molecule has 0 spiro atoms. The molecule has 26 heavy (non-hydrogen) atoms. The van der Waals surface area contributed by atoms with Crippen LogP contribution in [0.2, 0.25) is 0 Å². The summed E-state index contributed by atoms with van der Waals surface area (Å²) in [5, 5.41) is 7.21. The number of sulfonamides is 1. The zero-order chi connectivity index (χ0) is 18.5. The fraction of sp³-hybridized carbons (Fsp3) is 0.733. The molecule has 0 radical (unpaired) electrons. The molecule has 2 N–H and O–H groups in total. The lowest BCUT2D eigenvalue weighted by atomic mass is 10.1. The Labute approximate surface area is 172 Å². The van der Waals surface area contributed by atoms with Crippen LogP contribution in [0.3, 0.4) is 0 Å². The molecule has 2 rings (SSSR count). The Balaban J connectivity index is 0.00000338. The number of guanidine groups is 1. The van der Waals surface area contributed by atoms with Gasteiger partial charge in [0.1, 0.15) is 6.26 Å². The van der Waals surface area contributed by atoms with E-state index in [1.54, 1.807) is 13.3 Å². The fourth-order valence-corrected chi connectivity index (χ4v) is 3.91. The second-order valence-electron chi connectivity index (χ2n) is 6.91. The number of aromatic nitrogens is 1. The van der Waals surface area contributed by atoms with Gasteiger partial charge in [-0.05, 0) is 13.8 Å². The summed E-state index contributed by atoms with van der Waals surface area (Å²) >= 11 is 0. The number of hydrogen-bond acceptors (Lipinski definition) is 6. The Morgan fingerprint density at radius 1 is 1.35 bits per heavy atom. The van der Waals surface area contributed by atoms with Gasteiger partial charge in [0.25, 0.3) is 0 Å². The van der Waals surface area contributed by atoms with Gasteiger partial charge in [0.15, 0.2) is 5.96 Å². The largest absolute Gasteiger partial charge is 0.364 e. The van der Waals surface area contributed by atoms with Crippen LogP contribution < -0.4 is 10.0 Å². The van der Waals surface area contributed by atoms with Crippen molar-refractivity contribution in [2.45, 2.75) is 25.9 Å². The van der Waals surface area contributed by atoms with E-state index in [-0.39, 0.29) is 24.0 Å². The van der Waals surface area contributed by atoms with Gasteiger partial charge in [0.05, 0.1) is 11.9 Å². The number of rotatable bonds is 6. The normalized spacial score (nSPS) is 17.1. The van der Waals surface area contributed by atoms with Crippen LogP contribution in [0.15, 0.2) is 21.8 Å². The number of halogens is 1. The lowest BCUT2D eigenvalue weighted by Crippen LogP contribution is -2.56. The summed E-state index contributed by atoms with van der Waals surface area (Å²) in [5.74, 6) is 0.782. The third kappa shape index (κ3) is 7.76. The summed E-state index contributed by atoms with van der Waals surface area (Å²) in [5.41, 5.74) is 0.336. The van der Waals surface area contributed by atoms with Crippen molar-refractivity contribution in [3.8, 4) is 0 Å². The number of hydrogen-bond donors (Lipinski definition) is 2. The van der Waals surface area contributed by atoms with Gasteiger partial charge in [-0.25, -0.2) is 13.1 Å². The molecule has 11 heteroatoms. The van der Waals surface area contributed by atoms with Gasteiger partial charge >= 0.3 is 0 Å². The molecule has 1 saturated heterocycles. The minimum atomic E-state index is -3.26. The van der Waals surface area contributed by atoms with E-state index in [1.165, 1.54) is 0 Å². The monoisotopic (exact) mass is 500 g/mol. The van der Waals surface area contributed by atoms with Crippen molar-refractivity contribution < 1.29 is 12.9 Å². The predicted molar refractivity (Wildman–Crippen MR) is 112 cm³/mol. The highest BCUT2D eigenvalue weighted by molar-refractivity contribution is 14.0. The van der Waals surface area contributed by atoms with Gasteiger partial charge < -0.3 is 14.7 Å². The van der Waals surface area contributed by atoms with E-state index >= 15 is 0 Å². The summed E-state index contributed by atoms with van der Waals surface area (Å²) in [6, 6.07) is 1.88. The Morgan fingerprint density at radius 2 is 2.00 bits per heavy atom. The van der Waals surface area contributed by atoms with Gasteiger partial charge in [-0.15, -0.1) is 24.0 Å². The zero-order valence-electron chi connectivity index (χ0n) is 15.7. The van der Waals surface area contributed by atoms with E-state index in [0.29, 0.717) is 6.54 Å². The van der Waals surface area contributed by atoms with Gasteiger partial charge in [-0.1, -0.05) is 5.16 Å². The minimum Gasteiger partial charge on any atom is -0.364 e. The predicted octanol–water partition coefficient (Wildman–Crippen LogP) is 0.313. The third-order valence-electron chi connectivity index (χ3n) is 3.91. The number of aliphatic imine (C=N–C) groups is 1. The Bertz CT molecular complexity index is 670. The van der Waals surface area contributed by atoms with Crippen molar-refractivity contribution in [3.05, 3.63) is 18.0 Å². The molecule has 1 aromatic rings. The average molecular weight is 500 g/mol. The lowest BCUT2D eigenvalue weighted by Gasteiger charge is -2.37. The Kier molecular flexibility index (Phi) is 8.76. The molecule has 0 unspecified atom stereocenters. The molecule has 0 aromatic carbocycles. The third-order valence-corrected chi connectivity index (χ3v) is 4.83. The van der Waals surface area contributed by atoms with E-state index in [0.717, 1.165) is 50.6 Å². The first-order chi connectivity index (χ1) is 11.7. The Morgan fingerprint density at radius 3 is 2.50 bits per heavy atom. The first kappa shape index (κ1) is 23.1. The number of nitrogens with zero attached hydrogens (tertiary/aromatic N) is 4. The van der Waals surface area contributed by atoms with Crippen molar-refractivity contribution in [2.75, 3.05) is 46.0 Å². The fourth-order valence-electron chi connectivity index (χ4n) is 2.84. The molecule has 9 nitrogen and oxygen atoms in total. The van der Waals surface area contributed by atoms with Crippen LogP contribution >= 0.6 is 24.0 Å². The molecule has 2 heterocycles. The average Bonchev–Trinajstić information content (AvgIpc) is 3.00. The van der Waals surface area contributed by atoms with E-state index in [1.807, 2.05) is 19.9 Å². The smallest absolute Gasteiger partial charge is 0.209 e. The standard InChI is InChI=1S/C15H28N6O3S.HI/c1-15(2,19-25(4,22)23)12-17-14(16-3)21-8-6-20(7-9-21)11-13-5-10-24-18-13;/h5,10,19H,6-9,11-12H2,1-4H3,(H,16,17);1H. The molecule has 0 aliphatic carbocycles. The molecular formula is C15H29IN6O3S. The molecule has 150 valence electrons. The second kappa shape index (κ2) is 9.85. The maximum atomic E-state index is 11.4. The van der Waals surface area contributed by atoms with Crippen molar-refractivity contribution >= 4 is 40.0 Å². The van der Waals surface area contributed by atoms with Crippen LogP contribution in [0.5, 0.6) is 0 Å². The SMILES string of the molecule is CN=C(NCC(C)(C)NS(C)(=O)=O)N1CCN(Cc2ccon2)CC1.I. The second-order valence-corrected chi connectivity index (χ2v) is 8.66. The maximum absolute atomic E-state index is 11.4. The minimum absolute atomic E-state index is 0. The van der Waals surface area contributed by atoms with Crippen LogP contribution in [-0.4, -0.2) is 80.9 Å². The van der Waals surface area contributed by atoms with E-state index < -0.39 is 15.6 Å². The maximum Gasteiger partial charge on any atom is 0.209 e. The molecule has 0 atom stereocenters. The van der Waals surface area contributed by atoms with Crippen molar-refractivity contribution in [1.82, 2.24) is 25.0 Å². The summed E-state index contributed by atoms with van der Waals surface area (Å²) in [4.78, 5) is 8.81. The highest BCUT2D eigenvalue weighted by Crippen LogP contribution is 2.08. The summed E-state index contributed by atoms with van der Waals surface area (Å²) in [6.07, 6.45) is 2.75. The van der Waals surface area contributed by atoms with Gasteiger partial charge in [0, 0.05) is 57.9 Å². The highest BCUT2D eigenvalue weighted by atomic mass is 127. The van der Waals surface area contributed by atoms with E-state index in [9.17, 15) is 8.42 Å². The van der Waals surface area contributed by atoms with Gasteiger partial charge in [0.2, 0.25) is 10.0 Å². The van der Waals surface area contributed by atoms with Gasteiger partial charge in [-0.2, -0.15) is 0 Å². The number of piperazine rings is 1. The molecule has 0 saturated carbocycles.